The number of allylic oxidation sites excluding steroid dienone is 1. The Kier molecular flexibility index (Phi) is 5.62. The van der Waals surface area contributed by atoms with Crippen LogP contribution in [0.5, 0.6) is 0 Å². The summed E-state index contributed by atoms with van der Waals surface area (Å²) in [6.45, 7) is 3.75. The molecule has 0 unspecified atom stereocenters. The first-order chi connectivity index (χ1) is 17.0. The van der Waals surface area contributed by atoms with E-state index in [1.165, 1.54) is 4.52 Å². The number of para-hydroxylation sites is 1. The van der Waals surface area contributed by atoms with Gasteiger partial charge in [0.25, 0.3) is 11.5 Å². The summed E-state index contributed by atoms with van der Waals surface area (Å²) in [7, 11) is 0. The normalized spacial score (nSPS) is 12.4. The van der Waals surface area contributed by atoms with Crippen LogP contribution in [0.15, 0.2) is 83.9 Å². The van der Waals surface area contributed by atoms with Gasteiger partial charge in [0.2, 0.25) is 0 Å². The van der Waals surface area contributed by atoms with Crippen LogP contribution in [0.3, 0.4) is 0 Å². The van der Waals surface area contributed by atoms with Gasteiger partial charge in [0.1, 0.15) is 5.56 Å². The Morgan fingerprint density at radius 3 is 2.69 bits per heavy atom. The number of rotatable bonds is 5. The van der Waals surface area contributed by atoms with E-state index in [0.29, 0.717) is 22.4 Å². The van der Waals surface area contributed by atoms with Gasteiger partial charge in [-0.2, -0.15) is 0 Å². The number of fused-ring (bicyclic) bond motifs is 2. The van der Waals surface area contributed by atoms with Crippen molar-refractivity contribution in [2.24, 2.45) is 0 Å². The molecule has 0 bridgehead atoms. The van der Waals surface area contributed by atoms with Gasteiger partial charge in [0.15, 0.2) is 11.5 Å². The zero-order valence-electron chi connectivity index (χ0n) is 19.3. The van der Waals surface area contributed by atoms with Gasteiger partial charge in [-0.15, -0.1) is 5.10 Å². The number of carbonyl (C=O) groups excluding carboxylic acids is 1. The maximum Gasteiger partial charge on any atom is 0.263 e. The van der Waals surface area contributed by atoms with Crippen molar-refractivity contribution in [3.05, 3.63) is 106 Å². The molecule has 5 rings (SSSR count). The topological polar surface area (TPSA) is 107 Å². The number of anilines is 1. The van der Waals surface area contributed by atoms with Crippen LogP contribution in [0.1, 0.15) is 41.5 Å². The largest absolute Gasteiger partial charge is 0.381 e. The Morgan fingerprint density at radius 2 is 1.91 bits per heavy atom. The Labute approximate surface area is 201 Å². The molecule has 0 fully saturated rings. The second-order valence-corrected chi connectivity index (χ2v) is 8.20. The minimum absolute atomic E-state index is 0.0864. The van der Waals surface area contributed by atoms with E-state index in [4.69, 9.17) is 5.73 Å². The molecule has 0 aliphatic heterocycles. The first-order valence-electron chi connectivity index (χ1n) is 11.3. The zero-order chi connectivity index (χ0) is 24.5. The molecular formula is C27H24N6O2. The third-order valence-electron chi connectivity index (χ3n) is 5.91. The van der Waals surface area contributed by atoms with Crippen LogP contribution >= 0.6 is 0 Å². The number of aromatic nitrogens is 4. The molecule has 3 aromatic heterocycles. The Bertz CT molecular complexity index is 1650. The fourth-order valence-corrected chi connectivity index (χ4v) is 4.35. The molecule has 0 saturated heterocycles. The molecule has 174 valence electrons. The predicted octanol–water partition coefficient (Wildman–Crippen LogP) is 4.14. The smallest absolute Gasteiger partial charge is 0.263 e. The summed E-state index contributed by atoms with van der Waals surface area (Å²) in [5.41, 5.74) is 8.64. The predicted molar refractivity (Wildman–Crippen MR) is 138 cm³/mol. The molecule has 8 nitrogen and oxygen atoms in total. The van der Waals surface area contributed by atoms with Crippen molar-refractivity contribution < 1.29 is 4.79 Å². The molecule has 3 N–H and O–H groups in total. The zero-order valence-corrected chi connectivity index (χ0v) is 19.3. The summed E-state index contributed by atoms with van der Waals surface area (Å²) >= 11 is 0. The first-order valence-corrected chi connectivity index (χ1v) is 11.3. The number of nitrogen functional groups attached to an aromatic ring is 1. The third kappa shape index (κ3) is 3.85. The quantitative estimate of drug-likeness (QED) is 0.407. The molecule has 1 atom stereocenters. The lowest BCUT2D eigenvalue weighted by molar-refractivity contribution is 0.0941. The number of pyridine rings is 1. The van der Waals surface area contributed by atoms with Crippen LogP contribution in [0, 0.1) is 0 Å². The van der Waals surface area contributed by atoms with Crippen LogP contribution in [0.4, 0.5) is 5.82 Å². The van der Waals surface area contributed by atoms with E-state index in [0.717, 1.165) is 10.9 Å². The standard InChI is InChI=1S/C27H24N6O2/c1-3-9-18-10-7-11-19-16-21(33(27(35)22(18)19)20-12-5-4-6-13-20)17(2)30-26(34)23-24(28)31-32-15-8-14-29-25(23)32/h3-17H,1-2H3,(H2,28,31)(H,30,34)/t17-/m0/s1. The summed E-state index contributed by atoms with van der Waals surface area (Å²) in [4.78, 5) is 31.4. The molecule has 5 aromatic rings. The van der Waals surface area contributed by atoms with Gasteiger partial charge >= 0.3 is 0 Å². The second-order valence-electron chi connectivity index (χ2n) is 8.20. The molecule has 0 aliphatic carbocycles. The molecule has 2 aromatic carbocycles. The highest BCUT2D eigenvalue weighted by molar-refractivity contribution is 6.04. The lowest BCUT2D eigenvalue weighted by atomic mass is 10.0. The highest BCUT2D eigenvalue weighted by Crippen LogP contribution is 2.25. The van der Waals surface area contributed by atoms with Crippen molar-refractivity contribution in [2.45, 2.75) is 19.9 Å². The minimum atomic E-state index is -0.525. The molecule has 0 saturated carbocycles. The molecule has 8 heteroatoms. The van der Waals surface area contributed by atoms with Gasteiger partial charge in [-0.1, -0.05) is 48.6 Å². The number of hydrogen-bond donors (Lipinski definition) is 2. The molecule has 0 radical (unpaired) electrons. The summed E-state index contributed by atoms with van der Waals surface area (Å²) in [6.07, 6.45) is 7.09. The van der Waals surface area contributed by atoms with Crippen LogP contribution in [0.2, 0.25) is 0 Å². The van der Waals surface area contributed by atoms with Crippen molar-refractivity contribution in [1.82, 2.24) is 24.5 Å². The van der Waals surface area contributed by atoms with Gasteiger partial charge < -0.3 is 11.1 Å². The summed E-state index contributed by atoms with van der Waals surface area (Å²) in [6, 6.07) is 18.3. The Morgan fingerprint density at radius 1 is 1.11 bits per heavy atom. The van der Waals surface area contributed by atoms with Gasteiger partial charge in [0.05, 0.1) is 11.4 Å². The number of amides is 1. The average molecular weight is 465 g/mol. The Hall–Kier alpha value is -4.72. The van der Waals surface area contributed by atoms with E-state index in [1.54, 1.807) is 23.0 Å². The van der Waals surface area contributed by atoms with E-state index < -0.39 is 11.9 Å². The summed E-state index contributed by atoms with van der Waals surface area (Å²) < 4.78 is 3.12. The van der Waals surface area contributed by atoms with Crippen molar-refractivity contribution in [2.75, 3.05) is 5.73 Å². The monoisotopic (exact) mass is 464 g/mol. The van der Waals surface area contributed by atoms with Crippen molar-refractivity contribution >= 4 is 34.2 Å². The Balaban J connectivity index is 1.66. The highest BCUT2D eigenvalue weighted by Gasteiger charge is 2.23. The van der Waals surface area contributed by atoms with Gasteiger partial charge in [-0.3, -0.25) is 14.2 Å². The molecule has 3 heterocycles. The number of hydrogen-bond acceptors (Lipinski definition) is 5. The number of nitrogens with two attached hydrogens (primary N) is 1. The van der Waals surface area contributed by atoms with Gasteiger partial charge in [0, 0.05) is 23.8 Å². The molecule has 35 heavy (non-hydrogen) atoms. The van der Waals surface area contributed by atoms with Crippen LogP contribution in [-0.2, 0) is 0 Å². The average Bonchev–Trinajstić information content (AvgIpc) is 3.20. The fourth-order valence-electron chi connectivity index (χ4n) is 4.35. The SMILES string of the molecule is CC=Cc1cccc2cc([C@H](C)NC(=O)c3c(N)nn4cccnc34)n(-c3ccccc3)c(=O)c12. The summed E-state index contributed by atoms with van der Waals surface area (Å²) in [5, 5.41) is 8.57. The van der Waals surface area contributed by atoms with Crippen LogP contribution < -0.4 is 16.6 Å². The van der Waals surface area contributed by atoms with Crippen molar-refractivity contribution in [3.8, 4) is 5.69 Å². The second kappa shape index (κ2) is 8.90. The van der Waals surface area contributed by atoms with E-state index >= 15 is 0 Å². The maximum absolute atomic E-state index is 13.9. The molecular weight excluding hydrogens is 440 g/mol. The van der Waals surface area contributed by atoms with E-state index in [2.05, 4.69) is 15.4 Å². The highest BCUT2D eigenvalue weighted by atomic mass is 16.2. The first kappa shape index (κ1) is 22.1. The van der Waals surface area contributed by atoms with Gasteiger partial charge in [-0.25, -0.2) is 9.50 Å². The van der Waals surface area contributed by atoms with Crippen LogP contribution in [0.25, 0.3) is 28.2 Å². The maximum atomic E-state index is 13.9. The minimum Gasteiger partial charge on any atom is -0.381 e. The third-order valence-corrected chi connectivity index (χ3v) is 5.91. The number of nitrogens with zero attached hydrogens (tertiary/aromatic N) is 4. The number of nitrogens with one attached hydrogen (secondary N) is 1. The van der Waals surface area contributed by atoms with Gasteiger partial charge in [-0.05, 0) is 49.1 Å². The van der Waals surface area contributed by atoms with E-state index in [9.17, 15) is 9.59 Å². The molecule has 0 aliphatic rings. The molecule has 1 amide bonds. The fraction of sp³-hybridized carbons (Fsp3) is 0.111. The number of carbonyl (C=O) groups is 1. The van der Waals surface area contributed by atoms with E-state index in [1.807, 2.05) is 80.6 Å². The summed E-state index contributed by atoms with van der Waals surface area (Å²) in [5.74, 6) is -0.332. The number of benzene rings is 2. The van der Waals surface area contributed by atoms with Crippen molar-refractivity contribution in [1.29, 1.82) is 0 Å². The lowest BCUT2D eigenvalue weighted by Crippen LogP contribution is -2.32. The molecule has 0 spiro atoms. The lowest BCUT2D eigenvalue weighted by Gasteiger charge is -2.21. The van der Waals surface area contributed by atoms with Crippen molar-refractivity contribution in [3.63, 3.8) is 0 Å². The van der Waals surface area contributed by atoms with E-state index in [-0.39, 0.29) is 16.9 Å². The van der Waals surface area contributed by atoms with Crippen LogP contribution in [-0.4, -0.2) is 25.1 Å².